The second kappa shape index (κ2) is 10.2. The van der Waals surface area contributed by atoms with Crippen LogP contribution < -0.4 is 4.90 Å². The summed E-state index contributed by atoms with van der Waals surface area (Å²) in [5, 5.41) is 2.48. The highest BCUT2D eigenvalue weighted by atomic mass is 15.1. The van der Waals surface area contributed by atoms with Crippen molar-refractivity contribution >= 4 is 27.8 Å². The zero-order valence-electron chi connectivity index (χ0n) is 25.7. The lowest BCUT2D eigenvalue weighted by atomic mass is 9.83. The first-order chi connectivity index (χ1) is 23.3. The molecule has 6 bridgehead atoms. The molecule has 0 saturated heterocycles. The van der Waals surface area contributed by atoms with E-state index in [4.69, 9.17) is 0 Å². The van der Waals surface area contributed by atoms with Crippen molar-refractivity contribution in [2.45, 2.75) is 0 Å². The minimum absolute atomic E-state index is 1.13. The molecule has 1 heteroatoms. The average molecular weight is 596 g/mol. The molecule has 0 saturated carbocycles. The molecule has 0 N–H and O–H groups in total. The summed E-state index contributed by atoms with van der Waals surface area (Å²) in [5.41, 5.74) is 19.0. The Kier molecular flexibility index (Phi) is 5.64. The van der Waals surface area contributed by atoms with Gasteiger partial charge in [0.15, 0.2) is 0 Å². The molecule has 10 rings (SSSR count). The third-order valence-corrected chi connectivity index (χ3v) is 9.95. The summed E-state index contributed by atoms with van der Waals surface area (Å²) in [4.78, 5) is 2.34. The van der Waals surface area contributed by atoms with Crippen molar-refractivity contribution in [3.05, 3.63) is 176 Å². The van der Waals surface area contributed by atoms with Crippen molar-refractivity contribution in [2.24, 2.45) is 0 Å². The van der Waals surface area contributed by atoms with Gasteiger partial charge in [-0.05, 0) is 120 Å². The first kappa shape index (κ1) is 26.1. The Balaban J connectivity index is 1.11. The molecule has 2 aliphatic rings. The summed E-state index contributed by atoms with van der Waals surface area (Å²) in [6.07, 6.45) is 0. The van der Waals surface area contributed by atoms with E-state index in [1.165, 1.54) is 77.5 Å². The molecule has 218 valence electrons. The van der Waals surface area contributed by atoms with E-state index in [1.807, 2.05) is 0 Å². The summed E-state index contributed by atoms with van der Waals surface area (Å²) < 4.78 is 0. The predicted octanol–water partition coefficient (Wildman–Crippen LogP) is 12.9. The van der Waals surface area contributed by atoms with Crippen LogP contribution in [0.1, 0.15) is 0 Å². The van der Waals surface area contributed by atoms with Crippen molar-refractivity contribution in [1.29, 1.82) is 0 Å². The average Bonchev–Trinajstić information content (AvgIpc) is 3.25. The van der Waals surface area contributed by atoms with Gasteiger partial charge >= 0.3 is 0 Å². The third-order valence-electron chi connectivity index (χ3n) is 9.95. The van der Waals surface area contributed by atoms with Gasteiger partial charge in [-0.3, -0.25) is 0 Å². The highest BCUT2D eigenvalue weighted by Crippen LogP contribution is 2.57. The Hall–Kier alpha value is -6.18. The first-order valence-electron chi connectivity index (χ1n) is 16.3. The number of fused-ring (bicyclic) bond motifs is 5. The van der Waals surface area contributed by atoms with E-state index >= 15 is 0 Å². The number of anilines is 3. The van der Waals surface area contributed by atoms with Crippen molar-refractivity contribution < 1.29 is 0 Å². The van der Waals surface area contributed by atoms with Crippen LogP contribution in [0.25, 0.3) is 77.5 Å². The van der Waals surface area contributed by atoms with E-state index in [0.717, 1.165) is 17.1 Å². The maximum atomic E-state index is 2.42. The van der Waals surface area contributed by atoms with Crippen LogP contribution >= 0.6 is 0 Å². The summed E-state index contributed by atoms with van der Waals surface area (Å²) in [7, 11) is 0. The normalized spacial score (nSPS) is 11.8. The number of para-hydroxylation sites is 1. The fraction of sp³-hybridized carbons (Fsp3) is 0. The van der Waals surface area contributed by atoms with Crippen LogP contribution in [0.5, 0.6) is 0 Å². The Morgan fingerprint density at radius 1 is 0.255 bits per heavy atom. The zero-order chi connectivity index (χ0) is 30.9. The molecule has 0 atom stereocenters. The quantitative estimate of drug-likeness (QED) is 0.196. The number of hydrogen-bond donors (Lipinski definition) is 0. The summed E-state index contributed by atoms with van der Waals surface area (Å²) in [6.45, 7) is 0. The van der Waals surface area contributed by atoms with Gasteiger partial charge in [0.05, 0.1) is 0 Å². The lowest BCUT2D eigenvalue weighted by Gasteiger charge is -2.26. The lowest BCUT2D eigenvalue weighted by Crippen LogP contribution is -2.09. The molecular formula is C46H29N. The van der Waals surface area contributed by atoms with Crippen molar-refractivity contribution in [1.82, 2.24) is 0 Å². The molecule has 0 spiro atoms. The zero-order valence-corrected chi connectivity index (χ0v) is 25.7. The van der Waals surface area contributed by atoms with E-state index in [9.17, 15) is 0 Å². The Morgan fingerprint density at radius 3 is 1.51 bits per heavy atom. The van der Waals surface area contributed by atoms with Crippen molar-refractivity contribution in [3.8, 4) is 66.8 Å². The largest absolute Gasteiger partial charge is 0.310 e. The number of hydrogen-bond acceptors (Lipinski definition) is 1. The van der Waals surface area contributed by atoms with E-state index in [2.05, 4.69) is 181 Å². The molecule has 1 nitrogen and oxygen atoms in total. The predicted molar refractivity (Wildman–Crippen MR) is 198 cm³/mol. The summed E-state index contributed by atoms with van der Waals surface area (Å²) in [6, 6.07) is 64.5. The van der Waals surface area contributed by atoms with Gasteiger partial charge in [-0.15, -0.1) is 0 Å². The van der Waals surface area contributed by atoms with Gasteiger partial charge in [-0.2, -0.15) is 0 Å². The van der Waals surface area contributed by atoms with Crippen LogP contribution in [-0.4, -0.2) is 0 Å². The van der Waals surface area contributed by atoms with Crippen LogP contribution in [0, 0.1) is 0 Å². The van der Waals surface area contributed by atoms with Crippen LogP contribution in [0.2, 0.25) is 0 Å². The molecular weight excluding hydrogens is 567 g/mol. The van der Waals surface area contributed by atoms with Crippen molar-refractivity contribution in [3.63, 3.8) is 0 Å². The van der Waals surface area contributed by atoms with E-state index < -0.39 is 0 Å². The Bertz CT molecular complexity index is 2480. The fourth-order valence-corrected chi connectivity index (χ4v) is 7.83. The number of rotatable bonds is 4. The van der Waals surface area contributed by atoms with Gasteiger partial charge in [0.25, 0.3) is 0 Å². The van der Waals surface area contributed by atoms with Crippen LogP contribution in [0.4, 0.5) is 17.1 Å². The second-order valence-electron chi connectivity index (χ2n) is 12.5. The van der Waals surface area contributed by atoms with Gasteiger partial charge in [0, 0.05) is 17.1 Å². The molecule has 0 heterocycles. The highest BCUT2D eigenvalue weighted by molar-refractivity contribution is 6.15. The maximum Gasteiger partial charge on any atom is 0.0468 e. The molecule has 2 aliphatic carbocycles. The van der Waals surface area contributed by atoms with Crippen molar-refractivity contribution in [2.75, 3.05) is 4.90 Å². The van der Waals surface area contributed by atoms with Crippen LogP contribution in [0.3, 0.4) is 0 Å². The van der Waals surface area contributed by atoms with E-state index in [0.29, 0.717) is 0 Å². The first-order valence-corrected chi connectivity index (χ1v) is 16.3. The monoisotopic (exact) mass is 595 g/mol. The molecule has 0 fully saturated rings. The topological polar surface area (TPSA) is 3.24 Å². The smallest absolute Gasteiger partial charge is 0.0468 e. The third kappa shape index (κ3) is 3.97. The van der Waals surface area contributed by atoms with Gasteiger partial charge in [0.2, 0.25) is 0 Å². The standard InChI is InChI=1S/C46H29N/c1-2-12-34(13-3-1)47(36-26-22-30-10-4-5-11-32(30)28-36)35-24-20-31(21-25-35)33-23-27-38-41-17-9-18-42-43-19-8-16-40(46(43)44(38)29-33)37-14-6-7-15-39(37)45(41)42/h1-29H. The molecule has 8 aromatic rings. The minimum atomic E-state index is 1.13. The number of benzene rings is 8. The van der Waals surface area contributed by atoms with Crippen LogP contribution in [-0.2, 0) is 0 Å². The van der Waals surface area contributed by atoms with E-state index in [-0.39, 0.29) is 0 Å². The van der Waals surface area contributed by atoms with Crippen LogP contribution in [0.15, 0.2) is 176 Å². The molecule has 0 unspecified atom stereocenters. The minimum Gasteiger partial charge on any atom is -0.310 e. The van der Waals surface area contributed by atoms with Gasteiger partial charge < -0.3 is 4.90 Å². The molecule has 0 amide bonds. The second-order valence-corrected chi connectivity index (χ2v) is 12.5. The van der Waals surface area contributed by atoms with E-state index in [1.54, 1.807) is 0 Å². The van der Waals surface area contributed by atoms with Gasteiger partial charge in [-0.25, -0.2) is 0 Å². The van der Waals surface area contributed by atoms with Gasteiger partial charge in [0.1, 0.15) is 0 Å². The lowest BCUT2D eigenvalue weighted by molar-refractivity contribution is 1.29. The summed E-state index contributed by atoms with van der Waals surface area (Å²) in [5.74, 6) is 0. The summed E-state index contributed by atoms with van der Waals surface area (Å²) >= 11 is 0. The fourth-order valence-electron chi connectivity index (χ4n) is 7.83. The molecule has 0 aliphatic heterocycles. The molecule has 0 radical (unpaired) electrons. The Labute approximate surface area is 274 Å². The molecule has 8 aromatic carbocycles. The molecule has 47 heavy (non-hydrogen) atoms. The van der Waals surface area contributed by atoms with Gasteiger partial charge in [-0.1, -0.05) is 133 Å². The highest BCUT2D eigenvalue weighted by Gasteiger charge is 2.30. The Morgan fingerprint density at radius 2 is 0.766 bits per heavy atom. The maximum absolute atomic E-state index is 2.42. The number of nitrogens with zero attached hydrogens (tertiary/aromatic N) is 1. The molecule has 0 aromatic heterocycles. The SMILES string of the molecule is c1ccc(N(c2ccc(-c3ccc4c(c3)-c3c5cccc3-c3cccc-4c3-c3ccccc3-5)cc2)c2ccc3ccccc3c2)cc1.